The first kappa shape index (κ1) is 23.3. The number of hydrogen-bond acceptors (Lipinski definition) is 5. The number of aryl methyl sites for hydroxylation is 3. The lowest BCUT2D eigenvalue weighted by Crippen LogP contribution is -2.19. The first-order chi connectivity index (χ1) is 15.2. The van der Waals surface area contributed by atoms with Crippen molar-refractivity contribution < 1.29 is 20.1 Å². The third-order valence-electron chi connectivity index (χ3n) is 5.07. The molecule has 0 saturated heterocycles. The number of rotatable bonds is 8. The maximum Gasteiger partial charge on any atom is 0.305 e. The number of aromatic nitrogens is 2. The van der Waals surface area contributed by atoms with Crippen molar-refractivity contribution in [3.8, 4) is 22.6 Å². The number of hydrogen-bond donors (Lipinski definition) is 3. The molecule has 0 radical (unpaired) electrons. The van der Waals surface area contributed by atoms with Gasteiger partial charge in [0.2, 0.25) is 0 Å². The molecule has 1 heterocycles. The number of carboxylic acid groups (broad SMARTS) is 1. The first-order valence-electron chi connectivity index (χ1n) is 10.5. The summed E-state index contributed by atoms with van der Waals surface area (Å²) < 4.78 is 0. The van der Waals surface area contributed by atoms with Gasteiger partial charge in [0.25, 0.3) is 0 Å². The van der Waals surface area contributed by atoms with Crippen LogP contribution in [0.25, 0.3) is 28.7 Å². The zero-order valence-electron chi connectivity index (χ0n) is 18.5. The Balaban J connectivity index is 2.03. The van der Waals surface area contributed by atoms with Crippen LogP contribution in [0.4, 0.5) is 0 Å². The summed E-state index contributed by atoms with van der Waals surface area (Å²) in [7, 11) is 0. The smallest absolute Gasteiger partial charge is 0.305 e. The van der Waals surface area contributed by atoms with Crippen molar-refractivity contribution in [2.75, 3.05) is 0 Å². The fraction of sp³-hybridized carbons (Fsp3) is 0.269. The molecular formula is C26H28N2O4. The highest BCUT2D eigenvalue weighted by atomic mass is 16.4. The summed E-state index contributed by atoms with van der Waals surface area (Å²) in [5.41, 5.74) is 6.36. The van der Waals surface area contributed by atoms with Gasteiger partial charge >= 0.3 is 5.97 Å². The first-order valence-corrected chi connectivity index (χ1v) is 10.5. The van der Waals surface area contributed by atoms with Crippen molar-refractivity contribution in [3.63, 3.8) is 0 Å². The average Bonchev–Trinajstić information content (AvgIpc) is 2.71. The van der Waals surface area contributed by atoms with Crippen LogP contribution in [0.15, 0.2) is 54.6 Å². The molecule has 2 aromatic carbocycles. The van der Waals surface area contributed by atoms with Gasteiger partial charge in [0.15, 0.2) is 5.82 Å². The Labute approximate surface area is 187 Å². The number of aliphatic hydroxyl groups is 2. The highest BCUT2D eigenvalue weighted by Gasteiger charge is 2.16. The summed E-state index contributed by atoms with van der Waals surface area (Å²) in [6, 6.07) is 16.0. The third kappa shape index (κ3) is 6.09. The second-order valence-corrected chi connectivity index (χ2v) is 8.05. The monoisotopic (exact) mass is 432 g/mol. The number of benzene rings is 2. The Kier molecular flexibility index (Phi) is 7.51. The molecule has 166 valence electrons. The molecule has 3 aromatic rings. The van der Waals surface area contributed by atoms with Gasteiger partial charge in [-0.1, -0.05) is 59.7 Å². The van der Waals surface area contributed by atoms with E-state index in [-0.39, 0.29) is 6.42 Å². The number of nitrogens with zero attached hydrogens (tertiary/aromatic N) is 2. The Morgan fingerprint density at radius 1 is 0.969 bits per heavy atom. The van der Waals surface area contributed by atoms with E-state index >= 15 is 0 Å². The summed E-state index contributed by atoms with van der Waals surface area (Å²) in [6.45, 7) is 5.96. The van der Waals surface area contributed by atoms with Crippen LogP contribution < -0.4 is 0 Å². The average molecular weight is 433 g/mol. The molecule has 32 heavy (non-hydrogen) atoms. The molecule has 0 amide bonds. The predicted molar refractivity (Wildman–Crippen MR) is 125 cm³/mol. The van der Waals surface area contributed by atoms with E-state index in [9.17, 15) is 15.0 Å². The lowest BCUT2D eigenvalue weighted by molar-refractivity contribution is -0.139. The van der Waals surface area contributed by atoms with Crippen molar-refractivity contribution >= 4 is 12.0 Å². The standard InChI is InChI=1S/C26H28N2O4/c1-16-11-17(2)13-20(12-16)25-23(10-9-21(29)14-22(30)15-24(31)32)18(3)27-26(28-25)19-7-5-4-6-8-19/h4-13,21-22,29-30H,14-15H2,1-3H3,(H,31,32)/t21-,22-/m1/s1. The second-order valence-electron chi connectivity index (χ2n) is 8.05. The lowest BCUT2D eigenvalue weighted by Gasteiger charge is -2.14. The Morgan fingerprint density at radius 2 is 1.62 bits per heavy atom. The minimum Gasteiger partial charge on any atom is -0.481 e. The summed E-state index contributed by atoms with van der Waals surface area (Å²) in [6.07, 6.45) is 0.699. The van der Waals surface area contributed by atoms with Crippen LogP contribution in [0.2, 0.25) is 0 Å². The van der Waals surface area contributed by atoms with E-state index in [2.05, 4.69) is 23.2 Å². The van der Waals surface area contributed by atoms with Gasteiger partial charge in [0.05, 0.1) is 24.3 Å². The summed E-state index contributed by atoms with van der Waals surface area (Å²) in [4.78, 5) is 20.3. The molecule has 0 aliphatic carbocycles. The lowest BCUT2D eigenvalue weighted by atomic mass is 9.99. The van der Waals surface area contributed by atoms with Crippen LogP contribution in [0.1, 0.15) is 35.2 Å². The Morgan fingerprint density at radius 3 is 2.25 bits per heavy atom. The van der Waals surface area contributed by atoms with E-state index in [1.807, 2.05) is 51.1 Å². The van der Waals surface area contributed by atoms with Gasteiger partial charge in [0.1, 0.15) is 0 Å². The Hall–Kier alpha value is -3.35. The van der Waals surface area contributed by atoms with Crippen molar-refractivity contribution in [2.45, 2.75) is 45.8 Å². The molecule has 6 heteroatoms. The Bertz CT molecular complexity index is 1110. The predicted octanol–water partition coefficient (Wildman–Crippen LogP) is 4.34. The van der Waals surface area contributed by atoms with Gasteiger partial charge in [-0.25, -0.2) is 9.97 Å². The van der Waals surface area contributed by atoms with E-state index in [1.54, 1.807) is 12.2 Å². The third-order valence-corrected chi connectivity index (χ3v) is 5.07. The summed E-state index contributed by atoms with van der Waals surface area (Å²) in [5.74, 6) is -0.488. The van der Waals surface area contributed by atoms with Crippen LogP contribution in [0.5, 0.6) is 0 Å². The van der Waals surface area contributed by atoms with Gasteiger partial charge in [-0.2, -0.15) is 0 Å². The van der Waals surface area contributed by atoms with Gasteiger partial charge in [-0.05, 0) is 32.9 Å². The normalized spacial score (nSPS) is 13.3. The minimum atomic E-state index is -1.12. The van der Waals surface area contributed by atoms with Crippen LogP contribution >= 0.6 is 0 Å². The van der Waals surface area contributed by atoms with Gasteiger partial charge in [-0.15, -0.1) is 0 Å². The molecule has 0 aliphatic rings. The maximum absolute atomic E-state index is 10.7. The summed E-state index contributed by atoms with van der Waals surface area (Å²) in [5, 5.41) is 28.9. The van der Waals surface area contributed by atoms with Crippen molar-refractivity contribution in [1.82, 2.24) is 9.97 Å². The van der Waals surface area contributed by atoms with E-state index in [1.165, 1.54) is 0 Å². The van der Waals surface area contributed by atoms with E-state index < -0.39 is 24.6 Å². The van der Waals surface area contributed by atoms with Gasteiger partial charge < -0.3 is 15.3 Å². The zero-order valence-corrected chi connectivity index (χ0v) is 18.5. The second kappa shape index (κ2) is 10.3. The molecule has 6 nitrogen and oxygen atoms in total. The van der Waals surface area contributed by atoms with Gasteiger partial charge in [0, 0.05) is 28.8 Å². The number of carboxylic acids is 1. The number of aliphatic hydroxyl groups excluding tert-OH is 2. The van der Waals surface area contributed by atoms with Crippen LogP contribution in [-0.2, 0) is 4.79 Å². The fourth-order valence-electron chi connectivity index (χ4n) is 3.68. The molecule has 0 aliphatic heterocycles. The molecule has 0 saturated carbocycles. The van der Waals surface area contributed by atoms with Crippen LogP contribution in [-0.4, -0.2) is 43.5 Å². The largest absolute Gasteiger partial charge is 0.481 e. The van der Waals surface area contributed by atoms with Crippen molar-refractivity contribution in [3.05, 3.63) is 77.0 Å². The topological polar surface area (TPSA) is 104 Å². The molecule has 0 fully saturated rings. The molecule has 2 atom stereocenters. The highest BCUT2D eigenvalue weighted by Crippen LogP contribution is 2.29. The van der Waals surface area contributed by atoms with E-state index in [4.69, 9.17) is 10.1 Å². The highest BCUT2D eigenvalue weighted by molar-refractivity contribution is 5.76. The molecule has 0 spiro atoms. The van der Waals surface area contributed by atoms with Crippen LogP contribution in [0.3, 0.4) is 0 Å². The summed E-state index contributed by atoms with van der Waals surface area (Å²) >= 11 is 0. The zero-order chi connectivity index (χ0) is 23.3. The van der Waals surface area contributed by atoms with E-state index in [0.29, 0.717) is 5.82 Å². The SMILES string of the molecule is Cc1cc(C)cc(-c2nc(-c3ccccc3)nc(C)c2C=C[C@@H](O)C[C@@H](O)CC(=O)O)c1. The molecule has 0 unspecified atom stereocenters. The number of aliphatic carboxylic acids is 1. The fourth-order valence-corrected chi connectivity index (χ4v) is 3.68. The number of carbonyl (C=O) groups is 1. The van der Waals surface area contributed by atoms with Crippen molar-refractivity contribution in [1.29, 1.82) is 0 Å². The maximum atomic E-state index is 10.7. The van der Waals surface area contributed by atoms with Crippen molar-refractivity contribution in [2.24, 2.45) is 0 Å². The minimum absolute atomic E-state index is 0.0658. The molecule has 3 N–H and O–H groups in total. The van der Waals surface area contributed by atoms with Crippen LogP contribution in [0, 0.1) is 20.8 Å². The molecule has 1 aromatic heterocycles. The van der Waals surface area contributed by atoms with E-state index in [0.717, 1.165) is 39.2 Å². The van der Waals surface area contributed by atoms with Gasteiger partial charge in [-0.3, -0.25) is 4.79 Å². The quantitative estimate of drug-likeness (QED) is 0.489. The molecule has 0 bridgehead atoms. The molecule has 3 rings (SSSR count). The molecular weight excluding hydrogens is 404 g/mol.